The summed E-state index contributed by atoms with van der Waals surface area (Å²) in [5.74, 6) is 1.72. The fourth-order valence-electron chi connectivity index (χ4n) is 6.82. The standard InChI is InChI=1S/C34H45N7O3/c1-32(2,3)44-31(43)35-23-33(4)17-20-39(21-18-33)30-36-27-26(29(42)38(30)6)28(37-41(27)22-24-12-8-7-9-13-24)40-19-15-25-14-10-11-16-34(25,40)5/h7-14,16,25H,15,17-23H2,1-6H3,(H,35,43). The van der Waals surface area contributed by atoms with Crippen LogP contribution in [0.1, 0.15) is 59.4 Å². The van der Waals surface area contributed by atoms with E-state index < -0.39 is 11.7 Å². The molecule has 4 heterocycles. The predicted octanol–water partition coefficient (Wildman–Crippen LogP) is 5.02. The molecule has 3 aromatic rings. The molecule has 2 saturated heterocycles. The van der Waals surface area contributed by atoms with E-state index in [1.807, 2.05) is 50.7 Å². The van der Waals surface area contributed by atoms with Crippen LogP contribution in [0.5, 0.6) is 0 Å². The van der Waals surface area contributed by atoms with Crippen LogP contribution in [-0.4, -0.2) is 62.7 Å². The number of anilines is 2. The van der Waals surface area contributed by atoms with Gasteiger partial charge in [0.15, 0.2) is 11.5 Å². The molecular formula is C34H45N7O3. The zero-order valence-electron chi connectivity index (χ0n) is 26.8. The van der Waals surface area contributed by atoms with E-state index in [9.17, 15) is 9.59 Å². The van der Waals surface area contributed by atoms with Crippen molar-refractivity contribution < 1.29 is 9.53 Å². The van der Waals surface area contributed by atoms with E-state index in [1.54, 1.807) is 4.57 Å². The molecule has 1 aromatic carbocycles. The molecule has 0 saturated carbocycles. The molecule has 1 amide bonds. The van der Waals surface area contributed by atoms with E-state index in [-0.39, 0.29) is 16.5 Å². The van der Waals surface area contributed by atoms with E-state index in [4.69, 9.17) is 14.8 Å². The van der Waals surface area contributed by atoms with Crippen molar-refractivity contribution in [2.75, 3.05) is 36.0 Å². The molecule has 0 radical (unpaired) electrons. The summed E-state index contributed by atoms with van der Waals surface area (Å²) in [7, 11) is 1.82. The topological polar surface area (TPSA) is 97.5 Å². The molecule has 234 valence electrons. The van der Waals surface area contributed by atoms with Gasteiger partial charge in [0.05, 0.1) is 12.1 Å². The molecule has 44 heavy (non-hydrogen) atoms. The Kier molecular flexibility index (Phi) is 7.58. The molecule has 2 aromatic heterocycles. The fraction of sp³-hybridized carbons (Fsp3) is 0.529. The molecule has 3 aliphatic rings. The first kappa shape index (κ1) is 30.0. The highest BCUT2D eigenvalue weighted by Crippen LogP contribution is 2.43. The molecule has 1 aliphatic carbocycles. The van der Waals surface area contributed by atoms with Gasteiger partial charge in [-0.15, -0.1) is 0 Å². The number of hydrogen-bond acceptors (Lipinski definition) is 7. The Hall–Kier alpha value is -4.08. The lowest BCUT2D eigenvalue weighted by Crippen LogP contribution is -2.47. The third-order valence-corrected chi connectivity index (χ3v) is 9.56. The highest BCUT2D eigenvalue weighted by molar-refractivity contribution is 5.89. The van der Waals surface area contributed by atoms with Gasteiger partial charge < -0.3 is 19.9 Å². The summed E-state index contributed by atoms with van der Waals surface area (Å²) in [5.41, 5.74) is 0.773. The Bertz CT molecular complexity index is 1660. The van der Waals surface area contributed by atoms with Gasteiger partial charge in [-0.2, -0.15) is 10.1 Å². The van der Waals surface area contributed by atoms with E-state index in [0.29, 0.717) is 41.8 Å². The maximum Gasteiger partial charge on any atom is 0.407 e. The SMILES string of the molecule is Cn1c(N2CCC(C)(CNC(=O)OC(C)(C)C)CC2)nc2c(c(N3CCC4C=CC=CC43C)nn2Cc2ccccc2)c1=O. The Morgan fingerprint density at radius 1 is 1.09 bits per heavy atom. The second-order valence-corrected chi connectivity index (χ2v) is 14.1. The first-order valence-corrected chi connectivity index (χ1v) is 15.7. The number of amides is 1. The number of aromatic nitrogens is 4. The highest BCUT2D eigenvalue weighted by Gasteiger charge is 2.45. The Labute approximate surface area is 259 Å². The van der Waals surface area contributed by atoms with Gasteiger partial charge in [-0.25, -0.2) is 9.48 Å². The lowest BCUT2D eigenvalue weighted by Gasteiger charge is -2.40. The molecule has 1 N–H and O–H groups in total. The molecule has 0 spiro atoms. The maximum absolute atomic E-state index is 14.2. The zero-order chi connectivity index (χ0) is 31.3. The minimum Gasteiger partial charge on any atom is -0.444 e. The summed E-state index contributed by atoms with van der Waals surface area (Å²) < 4.78 is 9.03. The first-order valence-electron chi connectivity index (χ1n) is 15.7. The summed E-state index contributed by atoms with van der Waals surface area (Å²) in [6.07, 6.45) is 11.0. The summed E-state index contributed by atoms with van der Waals surface area (Å²) in [6, 6.07) is 10.2. The number of benzene rings is 1. The molecule has 2 unspecified atom stereocenters. The van der Waals surface area contributed by atoms with E-state index in [0.717, 1.165) is 44.5 Å². The molecule has 2 atom stereocenters. The van der Waals surface area contributed by atoms with Gasteiger partial charge in [-0.1, -0.05) is 61.6 Å². The van der Waals surface area contributed by atoms with E-state index in [1.165, 1.54) is 0 Å². The van der Waals surface area contributed by atoms with Gasteiger partial charge in [-0.3, -0.25) is 9.36 Å². The average Bonchev–Trinajstić information content (AvgIpc) is 3.51. The first-order chi connectivity index (χ1) is 20.9. The van der Waals surface area contributed by atoms with Gasteiger partial charge in [0, 0.05) is 39.1 Å². The number of fused-ring (bicyclic) bond motifs is 2. The Morgan fingerprint density at radius 2 is 1.82 bits per heavy atom. The summed E-state index contributed by atoms with van der Waals surface area (Å²) >= 11 is 0. The van der Waals surface area contributed by atoms with Crippen molar-refractivity contribution in [3.05, 3.63) is 70.6 Å². The van der Waals surface area contributed by atoms with E-state index >= 15 is 0 Å². The number of carbonyl (C=O) groups is 1. The summed E-state index contributed by atoms with van der Waals surface area (Å²) in [5, 5.41) is 8.64. The van der Waals surface area contributed by atoms with Crippen molar-refractivity contribution in [1.82, 2.24) is 24.6 Å². The molecule has 2 aliphatic heterocycles. The number of alkyl carbamates (subject to hydrolysis) is 1. The number of nitrogens with one attached hydrogen (secondary N) is 1. The third-order valence-electron chi connectivity index (χ3n) is 9.56. The Morgan fingerprint density at radius 3 is 2.52 bits per heavy atom. The maximum atomic E-state index is 14.2. The van der Waals surface area contributed by atoms with Crippen LogP contribution in [0.15, 0.2) is 59.4 Å². The van der Waals surface area contributed by atoms with E-state index in [2.05, 4.69) is 65.4 Å². The van der Waals surface area contributed by atoms with Crippen LogP contribution >= 0.6 is 0 Å². The normalized spacial score (nSPS) is 22.8. The number of nitrogens with zero attached hydrogens (tertiary/aromatic N) is 6. The van der Waals surface area contributed by atoms with Crippen LogP contribution < -0.4 is 20.7 Å². The minimum atomic E-state index is -0.533. The Balaban J connectivity index is 1.32. The number of piperidine rings is 1. The number of hydrogen-bond donors (Lipinski definition) is 1. The predicted molar refractivity (Wildman–Crippen MR) is 174 cm³/mol. The smallest absolute Gasteiger partial charge is 0.407 e. The van der Waals surface area contributed by atoms with Gasteiger partial charge in [0.2, 0.25) is 5.95 Å². The van der Waals surface area contributed by atoms with Crippen LogP contribution in [0.4, 0.5) is 16.6 Å². The fourth-order valence-corrected chi connectivity index (χ4v) is 6.82. The molecule has 6 rings (SSSR count). The third kappa shape index (κ3) is 5.62. The van der Waals surface area contributed by atoms with Crippen molar-refractivity contribution >= 4 is 28.9 Å². The van der Waals surface area contributed by atoms with Gasteiger partial charge >= 0.3 is 6.09 Å². The average molecular weight is 600 g/mol. The monoisotopic (exact) mass is 599 g/mol. The van der Waals surface area contributed by atoms with Crippen molar-refractivity contribution in [2.24, 2.45) is 18.4 Å². The van der Waals surface area contributed by atoms with Crippen molar-refractivity contribution in [1.29, 1.82) is 0 Å². The highest BCUT2D eigenvalue weighted by atomic mass is 16.6. The molecule has 0 bridgehead atoms. The molecule has 2 fully saturated rings. The summed E-state index contributed by atoms with van der Waals surface area (Å²) in [6.45, 7) is 13.3. The van der Waals surface area contributed by atoms with Crippen LogP contribution in [0, 0.1) is 11.3 Å². The minimum absolute atomic E-state index is 0.0810. The van der Waals surface area contributed by atoms with Gasteiger partial charge in [-0.05, 0) is 57.9 Å². The number of ether oxygens (including phenoxy) is 1. The van der Waals surface area contributed by atoms with Crippen LogP contribution in [0.3, 0.4) is 0 Å². The lowest BCUT2D eigenvalue weighted by atomic mass is 9.80. The van der Waals surface area contributed by atoms with Crippen molar-refractivity contribution in [3.63, 3.8) is 0 Å². The molecular weight excluding hydrogens is 554 g/mol. The lowest BCUT2D eigenvalue weighted by molar-refractivity contribution is 0.0495. The number of allylic oxidation sites excluding steroid dienone is 2. The van der Waals surface area contributed by atoms with Gasteiger partial charge in [0.1, 0.15) is 11.0 Å². The quantitative estimate of drug-likeness (QED) is 0.425. The van der Waals surface area contributed by atoms with Crippen LogP contribution in [0.2, 0.25) is 0 Å². The molecule has 10 nitrogen and oxygen atoms in total. The summed E-state index contributed by atoms with van der Waals surface area (Å²) in [4.78, 5) is 36.2. The second-order valence-electron chi connectivity index (χ2n) is 14.1. The second kappa shape index (κ2) is 11.1. The van der Waals surface area contributed by atoms with Crippen molar-refractivity contribution in [2.45, 2.75) is 71.6 Å². The number of rotatable bonds is 6. The van der Waals surface area contributed by atoms with Crippen molar-refractivity contribution in [3.8, 4) is 0 Å². The van der Waals surface area contributed by atoms with Crippen LogP contribution in [-0.2, 0) is 18.3 Å². The van der Waals surface area contributed by atoms with Gasteiger partial charge in [0.25, 0.3) is 5.56 Å². The largest absolute Gasteiger partial charge is 0.444 e. The van der Waals surface area contributed by atoms with Crippen LogP contribution in [0.25, 0.3) is 11.0 Å². The zero-order valence-corrected chi connectivity index (χ0v) is 26.8. The molecule has 10 heteroatoms. The number of carbonyl (C=O) groups excluding carboxylic acids is 1.